The Kier molecular flexibility index (Phi) is 9.72. The summed E-state index contributed by atoms with van der Waals surface area (Å²) in [5.41, 5.74) is 0. The van der Waals surface area contributed by atoms with Crippen LogP contribution in [-0.4, -0.2) is 54.2 Å². The Bertz CT molecular complexity index is 119. The third kappa shape index (κ3) is 7.42. The van der Waals surface area contributed by atoms with E-state index in [9.17, 15) is 9.90 Å². The molecule has 6 nitrogen and oxygen atoms in total. The summed E-state index contributed by atoms with van der Waals surface area (Å²) in [6, 6.07) is 0. The van der Waals surface area contributed by atoms with Gasteiger partial charge in [0, 0.05) is 0 Å². The van der Waals surface area contributed by atoms with E-state index in [4.69, 9.17) is 15.3 Å². The van der Waals surface area contributed by atoms with Gasteiger partial charge in [0.05, 0.1) is 26.7 Å². The van der Waals surface area contributed by atoms with Gasteiger partial charge in [-0.3, -0.25) is 0 Å². The molecule has 5 N–H and O–H groups in total. The fraction of sp³-hybridized carbons (Fsp3) is 0.833. The summed E-state index contributed by atoms with van der Waals surface area (Å²) in [4.78, 5) is 9.67. The number of hydrogen-bond donors (Lipinski definition) is 4. The number of aliphatic carboxylic acids is 1. The average Bonchev–Trinajstić information content (AvgIpc) is 2.03. The molecule has 0 unspecified atom stereocenters. The normalized spacial score (nSPS) is 14.1. The minimum absolute atomic E-state index is 0.796. The van der Waals surface area contributed by atoms with Crippen molar-refractivity contribution in [1.82, 2.24) is 0 Å². The summed E-state index contributed by atoms with van der Waals surface area (Å²) >= 11 is 0. The standard InChI is InChI=1S/C4H8O5.C2H7N/c5-1-2(6)3(7)4(8)9;1-3-2/h2-3,5-7H,1H2,(H,8,9);3H,1-2H3/t2-,3+;/m1./s1. The Morgan fingerprint density at radius 2 is 1.83 bits per heavy atom. The highest BCUT2D eigenvalue weighted by molar-refractivity contribution is 5.70. The SMILES string of the molecule is C[NH2+]C.O=C([O-])[C@@H](O)[C@H](O)CO. The molecule has 0 bridgehead atoms. The molecule has 0 amide bonds. The first kappa shape index (κ1) is 13.9. The molecular formula is C6H15NO5. The van der Waals surface area contributed by atoms with E-state index >= 15 is 0 Å². The van der Waals surface area contributed by atoms with Crippen LogP contribution in [0.15, 0.2) is 0 Å². The molecule has 0 spiro atoms. The van der Waals surface area contributed by atoms with Crippen molar-refractivity contribution in [3.63, 3.8) is 0 Å². The molecule has 0 aliphatic carbocycles. The number of carbonyl (C=O) groups is 1. The molecule has 2 atom stereocenters. The Hall–Kier alpha value is -0.690. The molecule has 0 saturated carbocycles. The second kappa shape index (κ2) is 8.41. The second-order valence-electron chi connectivity index (χ2n) is 2.09. The fourth-order valence-electron chi connectivity index (χ4n) is 0.257. The highest BCUT2D eigenvalue weighted by atomic mass is 16.4. The number of aliphatic hydroxyl groups excluding tert-OH is 3. The van der Waals surface area contributed by atoms with Gasteiger partial charge < -0.3 is 30.5 Å². The van der Waals surface area contributed by atoms with Gasteiger partial charge in [-0.05, 0) is 0 Å². The predicted molar refractivity (Wildman–Crippen MR) is 37.9 cm³/mol. The number of rotatable bonds is 3. The Morgan fingerprint density at radius 1 is 1.50 bits per heavy atom. The van der Waals surface area contributed by atoms with Crippen LogP contribution in [0.4, 0.5) is 0 Å². The summed E-state index contributed by atoms with van der Waals surface area (Å²) in [6.07, 6.45) is -3.66. The molecular weight excluding hydrogens is 166 g/mol. The lowest BCUT2D eigenvalue weighted by atomic mass is 10.2. The topological polar surface area (TPSA) is 117 Å². The molecule has 0 saturated heterocycles. The maximum atomic E-state index is 9.67. The zero-order chi connectivity index (χ0) is 10.1. The quantitative estimate of drug-likeness (QED) is 0.349. The van der Waals surface area contributed by atoms with Crippen LogP contribution in [0.2, 0.25) is 0 Å². The predicted octanol–water partition coefficient (Wildman–Crippen LogP) is -4.74. The summed E-state index contributed by atoms with van der Waals surface area (Å²) in [7, 11) is 4.00. The van der Waals surface area contributed by atoms with E-state index in [-0.39, 0.29) is 0 Å². The van der Waals surface area contributed by atoms with Crippen molar-refractivity contribution in [1.29, 1.82) is 0 Å². The van der Waals surface area contributed by atoms with Gasteiger partial charge in [0.15, 0.2) is 0 Å². The molecule has 0 rings (SSSR count). The van der Waals surface area contributed by atoms with Crippen LogP contribution in [0, 0.1) is 0 Å². The van der Waals surface area contributed by atoms with Crippen molar-refractivity contribution in [3.8, 4) is 0 Å². The summed E-state index contributed by atoms with van der Waals surface area (Å²) in [5, 5.41) is 36.4. The van der Waals surface area contributed by atoms with Crippen molar-refractivity contribution >= 4 is 5.97 Å². The first-order chi connectivity index (χ1) is 5.51. The fourth-order valence-corrected chi connectivity index (χ4v) is 0.257. The molecule has 0 aromatic rings. The van der Waals surface area contributed by atoms with Gasteiger partial charge in [0.25, 0.3) is 0 Å². The highest BCUT2D eigenvalue weighted by Gasteiger charge is 2.14. The van der Waals surface area contributed by atoms with E-state index in [1.165, 1.54) is 0 Å². The van der Waals surface area contributed by atoms with Gasteiger partial charge in [-0.25, -0.2) is 0 Å². The van der Waals surface area contributed by atoms with Gasteiger partial charge in [0.2, 0.25) is 0 Å². The lowest BCUT2D eigenvalue weighted by molar-refractivity contribution is -0.597. The number of aliphatic hydroxyl groups is 3. The van der Waals surface area contributed by atoms with Crippen LogP contribution in [-0.2, 0) is 4.79 Å². The largest absolute Gasteiger partial charge is 0.547 e. The number of carboxylic acid groups (broad SMARTS) is 1. The Balaban J connectivity index is 0. The van der Waals surface area contributed by atoms with Crippen LogP contribution in [0.25, 0.3) is 0 Å². The van der Waals surface area contributed by atoms with Crippen molar-refractivity contribution < 1.29 is 30.5 Å². The highest BCUT2D eigenvalue weighted by Crippen LogP contribution is 1.88. The van der Waals surface area contributed by atoms with Crippen LogP contribution >= 0.6 is 0 Å². The van der Waals surface area contributed by atoms with E-state index in [1.54, 1.807) is 0 Å². The molecule has 0 aromatic carbocycles. The van der Waals surface area contributed by atoms with E-state index < -0.39 is 24.8 Å². The smallest absolute Gasteiger partial charge is 0.121 e. The molecule has 74 valence electrons. The molecule has 0 aliphatic heterocycles. The zero-order valence-corrected chi connectivity index (χ0v) is 7.10. The molecule has 0 aromatic heterocycles. The van der Waals surface area contributed by atoms with Crippen molar-refractivity contribution in [3.05, 3.63) is 0 Å². The van der Waals surface area contributed by atoms with Gasteiger partial charge in [-0.1, -0.05) is 0 Å². The van der Waals surface area contributed by atoms with Gasteiger partial charge >= 0.3 is 0 Å². The number of carboxylic acids is 1. The molecule has 0 fully saturated rings. The lowest BCUT2D eigenvalue weighted by Gasteiger charge is -2.15. The summed E-state index contributed by atoms with van der Waals surface area (Å²) in [5.74, 6) is -1.79. The van der Waals surface area contributed by atoms with Crippen molar-refractivity contribution in [2.45, 2.75) is 12.2 Å². The Morgan fingerprint density at radius 3 is 1.92 bits per heavy atom. The first-order valence-electron chi connectivity index (χ1n) is 3.43. The van der Waals surface area contributed by atoms with E-state index in [1.807, 2.05) is 19.4 Å². The van der Waals surface area contributed by atoms with Crippen molar-refractivity contribution in [2.75, 3.05) is 20.7 Å². The maximum Gasteiger partial charge on any atom is 0.121 e. The summed E-state index contributed by atoms with van der Waals surface area (Å²) < 4.78 is 0. The van der Waals surface area contributed by atoms with E-state index in [2.05, 4.69) is 0 Å². The number of carbonyl (C=O) groups excluding carboxylic acids is 1. The minimum Gasteiger partial charge on any atom is -0.547 e. The van der Waals surface area contributed by atoms with Crippen LogP contribution in [0.3, 0.4) is 0 Å². The molecule has 0 heterocycles. The minimum atomic E-state index is -2.00. The van der Waals surface area contributed by atoms with Gasteiger partial charge in [-0.2, -0.15) is 0 Å². The van der Waals surface area contributed by atoms with Crippen LogP contribution in [0.5, 0.6) is 0 Å². The van der Waals surface area contributed by atoms with E-state index in [0.717, 1.165) is 0 Å². The average molecular weight is 181 g/mol. The van der Waals surface area contributed by atoms with E-state index in [0.29, 0.717) is 0 Å². The van der Waals surface area contributed by atoms with Crippen molar-refractivity contribution in [2.24, 2.45) is 0 Å². The molecule has 6 heteroatoms. The van der Waals surface area contributed by atoms with Gasteiger partial charge in [-0.15, -0.1) is 0 Å². The molecule has 0 aliphatic rings. The van der Waals surface area contributed by atoms with Crippen LogP contribution < -0.4 is 10.4 Å². The molecule has 12 heavy (non-hydrogen) atoms. The number of hydrogen-bond acceptors (Lipinski definition) is 5. The number of quaternary nitrogens is 1. The zero-order valence-electron chi connectivity index (χ0n) is 7.10. The Labute approximate surface area is 70.5 Å². The third-order valence-electron chi connectivity index (χ3n) is 0.793. The van der Waals surface area contributed by atoms with Crippen LogP contribution in [0.1, 0.15) is 0 Å². The third-order valence-corrected chi connectivity index (χ3v) is 0.793. The monoisotopic (exact) mass is 181 g/mol. The maximum absolute atomic E-state index is 9.67. The summed E-state index contributed by atoms with van der Waals surface area (Å²) in [6.45, 7) is -0.796. The number of nitrogens with two attached hydrogens (primary N) is 1. The second-order valence-corrected chi connectivity index (χ2v) is 2.09. The molecule has 0 radical (unpaired) electrons. The van der Waals surface area contributed by atoms with Gasteiger partial charge in [0.1, 0.15) is 12.2 Å². The first-order valence-corrected chi connectivity index (χ1v) is 3.43. The lowest BCUT2D eigenvalue weighted by Crippen LogP contribution is -2.74.